The van der Waals surface area contributed by atoms with Crippen LogP contribution in [0.2, 0.25) is 5.02 Å². The van der Waals surface area contributed by atoms with Crippen LogP contribution in [0.3, 0.4) is 0 Å². The third kappa shape index (κ3) is 4.06. The summed E-state index contributed by atoms with van der Waals surface area (Å²) in [5.41, 5.74) is -0.143. The van der Waals surface area contributed by atoms with E-state index < -0.39 is 5.60 Å². The van der Waals surface area contributed by atoms with Gasteiger partial charge in [0.25, 0.3) is 0 Å². The number of aromatic nitrogens is 1. The van der Waals surface area contributed by atoms with E-state index in [9.17, 15) is 9.90 Å². The number of hydrogen-bond donors (Lipinski definition) is 1. The molecule has 0 bridgehead atoms. The molecule has 1 saturated carbocycles. The first kappa shape index (κ1) is 18.6. The standard InChI is InChI=1S/C20H26ClN3O3/c1-20(2,26)12-24(15-4-5-15)19(25)13-7-9-23(10-8-13)18-16-11-14(21)3-6-17(16)27-22-18/h3,6,11,13,15,26H,4-5,7-10,12H2,1-2H3. The first-order valence-corrected chi connectivity index (χ1v) is 10.0. The molecule has 0 spiro atoms. The molecule has 27 heavy (non-hydrogen) atoms. The van der Waals surface area contributed by atoms with E-state index in [1.165, 1.54) is 0 Å². The van der Waals surface area contributed by atoms with Crippen molar-refractivity contribution in [2.24, 2.45) is 5.92 Å². The Morgan fingerprint density at radius 1 is 1.33 bits per heavy atom. The van der Waals surface area contributed by atoms with Crippen LogP contribution in [-0.4, -0.2) is 52.3 Å². The van der Waals surface area contributed by atoms with E-state index in [0.29, 0.717) is 17.6 Å². The molecule has 0 atom stereocenters. The molecule has 1 saturated heterocycles. The summed E-state index contributed by atoms with van der Waals surface area (Å²) in [5, 5.41) is 16.0. The molecule has 1 amide bonds. The second-order valence-corrected chi connectivity index (χ2v) is 8.85. The highest BCUT2D eigenvalue weighted by Gasteiger charge is 2.39. The van der Waals surface area contributed by atoms with Gasteiger partial charge < -0.3 is 19.4 Å². The van der Waals surface area contributed by atoms with Crippen molar-refractivity contribution in [3.63, 3.8) is 0 Å². The highest BCUT2D eigenvalue weighted by Crippen LogP contribution is 2.34. The number of hydrogen-bond acceptors (Lipinski definition) is 5. The highest BCUT2D eigenvalue weighted by atomic mass is 35.5. The first-order valence-electron chi connectivity index (χ1n) is 9.64. The van der Waals surface area contributed by atoms with Crippen LogP contribution in [0.25, 0.3) is 11.0 Å². The number of piperidine rings is 1. The molecule has 146 valence electrons. The second-order valence-electron chi connectivity index (χ2n) is 8.42. The van der Waals surface area contributed by atoms with Crippen LogP contribution in [0.1, 0.15) is 39.5 Å². The number of carbonyl (C=O) groups excluding carboxylic acids is 1. The third-order valence-corrected chi connectivity index (χ3v) is 5.62. The SMILES string of the molecule is CC(C)(O)CN(C(=O)C1CCN(c2noc3ccc(Cl)cc23)CC1)C1CC1. The van der Waals surface area contributed by atoms with E-state index in [0.717, 1.165) is 55.6 Å². The molecule has 2 aliphatic rings. The normalized spacial score (nSPS) is 18.9. The quantitative estimate of drug-likeness (QED) is 0.845. The number of aliphatic hydroxyl groups is 1. The number of anilines is 1. The summed E-state index contributed by atoms with van der Waals surface area (Å²) < 4.78 is 5.41. The van der Waals surface area contributed by atoms with Crippen LogP contribution in [0.5, 0.6) is 0 Å². The number of carbonyl (C=O) groups is 1. The summed E-state index contributed by atoms with van der Waals surface area (Å²) in [6.45, 7) is 5.44. The van der Waals surface area contributed by atoms with E-state index in [1.54, 1.807) is 19.9 Å². The predicted molar refractivity (Wildman–Crippen MR) is 105 cm³/mol. The fourth-order valence-electron chi connectivity index (χ4n) is 3.89. The van der Waals surface area contributed by atoms with Gasteiger partial charge in [0.05, 0.1) is 11.0 Å². The Morgan fingerprint density at radius 3 is 2.67 bits per heavy atom. The summed E-state index contributed by atoms with van der Waals surface area (Å²) in [5.74, 6) is 0.993. The maximum atomic E-state index is 13.1. The molecule has 0 unspecified atom stereocenters. The summed E-state index contributed by atoms with van der Waals surface area (Å²) in [6, 6.07) is 5.80. The zero-order valence-electron chi connectivity index (χ0n) is 15.8. The van der Waals surface area contributed by atoms with Crippen LogP contribution in [0, 0.1) is 5.92 Å². The van der Waals surface area contributed by atoms with Crippen LogP contribution >= 0.6 is 11.6 Å². The molecular formula is C20H26ClN3O3. The lowest BCUT2D eigenvalue weighted by Gasteiger charge is -2.36. The second kappa shape index (κ2) is 6.99. The van der Waals surface area contributed by atoms with Crippen LogP contribution in [-0.2, 0) is 4.79 Å². The molecule has 2 heterocycles. The van der Waals surface area contributed by atoms with Crippen molar-refractivity contribution in [3.05, 3.63) is 23.2 Å². The number of fused-ring (bicyclic) bond motifs is 1. The van der Waals surface area contributed by atoms with Gasteiger partial charge in [-0.3, -0.25) is 4.79 Å². The van der Waals surface area contributed by atoms with E-state index in [1.807, 2.05) is 17.0 Å². The summed E-state index contributed by atoms with van der Waals surface area (Å²) in [7, 11) is 0. The van der Waals surface area contributed by atoms with Gasteiger partial charge in [-0.1, -0.05) is 16.8 Å². The molecule has 1 aromatic heterocycles. The van der Waals surface area contributed by atoms with Crippen molar-refractivity contribution >= 4 is 34.3 Å². The number of nitrogens with zero attached hydrogens (tertiary/aromatic N) is 3. The van der Waals surface area contributed by atoms with Gasteiger partial charge in [-0.25, -0.2) is 0 Å². The van der Waals surface area contributed by atoms with Gasteiger partial charge in [0, 0.05) is 36.6 Å². The van der Waals surface area contributed by atoms with Gasteiger partial charge in [-0.2, -0.15) is 0 Å². The van der Waals surface area contributed by atoms with Crippen LogP contribution < -0.4 is 4.90 Å². The smallest absolute Gasteiger partial charge is 0.226 e. The Morgan fingerprint density at radius 2 is 2.04 bits per heavy atom. The average Bonchev–Trinajstić information content (AvgIpc) is 3.38. The fraction of sp³-hybridized carbons (Fsp3) is 0.600. The van der Waals surface area contributed by atoms with Gasteiger partial charge in [0.2, 0.25) is 5.91 Å². The first-order chi connectivity index (χ1) is 12.8. The van der Waals surface area contributed by atoms with Crippen LogP contribution in [0.4, 0.5) is 5.82 Å². The molecule has 7 heteroatoms. The number of rotatable bonds is 5. The molecule has 4 rings (SSSR count). The molecule has 1 aromatic carbocycles. The van der Waals surface area contributed by atoms with Gasteiger partial charge in [0.1, 0.15) is 0 Å². The minimum atomic E-state index is -0.863. The summed E-state index contributed by atoms with van der Waals surface area (Å²) >= 11 is 6.12. The van der Waals surface area contributed by atoms with E-state index in [-0.39, 0.29) is 11.8 Å². The Labute approximate surface area is 164 Å². The predicted octanol–water partition coefficient (Wildman–Crippen LogP) is 3.46. The van der Waals surface area contributed by atoms with E-state index in [2.05, 4.69) is 10.1 Å². The van der Waals surface area contributed by atoms with Gasteiger partial charge in [-0.05, 0) is 57.7 Å². The van der Waals surface area contributed by atoms with Crippen molar-refractivity contribution in [2.45, 2.75) is 51.2 Å². The number of halogens is 1. The monoisotopic (exact) mass is 391 g/mol. The lowest BCUT2D eigenvalue weighted by atomic mass is 9.94. The Balaban J connectivity index is 1.43. The molecule has 1 aliphatic carbocycles. The van der Waals surface area contributed by atoms with E-state index in [4.69, 9.17) is 16.1 Å². The van der Waals surface area contributed by atoms with Crippen molar-refractivity contribution < 1.29 is 14.4 Å². The molecule has 1 N–H and O–H groups in total. The lowest BCUT2D eigenvalue weighted by molar-refractivity contribution is -0.139. The molecule has 2 fully saturated rings. The molecule has 2 aromatic rings. The van der Waals surface area contributed by atoms with Crippen LogP contribution in [0.15, 0.2) is 22.7 Å². The summed E-state index contributed by atoms with van der Waals surface area (Å²) in [6.07, 6.45) is 3.66. The maximum Gasteiger partial charge on any atom is 0.226 e. The molecule has 1 aliphatic heterocycles. The Hall–Kier alpha value is -1.79. The Bertz CT molecular complexity index is 833. The van der Waals surface area contributed by atoms with E-state index >= 15 is 0 Å². The maximum absolute atomic E-state index is 13.1. The molecule has 6 nitrogen and oxygen atoms in total. The number of amides is 1. The average molecular weight is 392 g/mol. The van der Waals surface area contributed by atoms with Crippen molar-refractivity contribution in [1.29, 1.82) is 0 Å². The van der Waals surface area contributed by atoms with Crippen molar-refractivity contribution in [1.82, 2.24) is 10.1 Å². The number of benzene rings is 1. The summed E-state index contributed by atoms with van der Waals surface area (Å²) in [4.78, 5) is 17.1. The minimum absolute atomic E-state index is 0.00551. The lowest BCUT2D eigenvalue weighted by Crippen LogP contribution is -2.48. The zero-order chi connectivity index (χ0) is 19.2. The Kier molecular flexibility index (Phi) is 4.80. The van der Waals surface area contributed by atoms with Crippen molar-refractivity contribution in [2.75, 3.05) is 24.5 Å². The topological polar surface area (TPSA) is 69.8 Å². The van der Waals surface area contributed by atoms with Gasteiger partial charge >= 0.3 is 0 Å². The minimum Gasteiger partial charge on any atom is -0.389 e. The van der Waals surface area contributed by atoms with Crippen molar-refractivity contribution in [3.8, 4) is 0 Å². The molecular weight excluding hydrogens is 366 g/mol. The fourth-order valence-corrected chi connectivity index (χ4v) is 4.06. The zero-order valence-corrected chi connectivity index (χ0v) is 16.6. The largest absolute Gasteiger partial charge is 0.389 e. The third-order valence-electron chi connectivity index (χ3n) is 5.38. The van der Waals surface area contributed by atoms with Gasteiger partial charge in [0.15, 0.2) is 11.4 Å². The highest BCUT2D eigenvalue weighted by molar-refractivity contribution is 6.31. The van der Waals surface area contributed by atoms with Gasteiger partial charge in [-0.15, -0.1) is 0 Å². The molecule has 0 radical (unpaired) electrons.